The van der Waals surface area contributed by atoms with Crippen LogP contribution in [0.25, 0.3) is 10.8 Å². The van der Waals surface area contributed by atoms with Crippen molar-refractivity contribution in [2.75, 3.05) is 33.0 Å². The van der Waals surface area contributed by atoms with Gasteiger partial charge in [-0.15, -0.1) is 0 Å². The van der Waals surface area contributed by atoms with Crippen molar-refractivity contribution in [2.24, 2.45) is 11.3 Å². The summed E-state index contributed by atoms with van der Waals surface area (Å²) in [6.07, 6.45) is 15.8. The molecule has 1 unspecified atom stereocenters. The molecule has 0 amide bonds. The van der Waals surface area contributed by atoms with Gasteiger partial charge in [0.05, 0.1) is 31.0 Å². The monoisotopic (exact) mass is 541 g/mol. The van der Waals surface area contributed by atoms with E-state index in [4.69, 9.17) is 14.2 Å². The van der Waals surface area contributed by atoms with E-state index >= 15 is 0 Å². The molecule has 214 valence electrons. The number of rotatable bonds is 10. The summed E-state index contributed by atoms with van der Waals surface area (Å²) in [4.78, 5) is 0. The maximum atomic E-state index is 7.50. The predicted molar refractivity (Wildman–Crippen MR) is 162 cm³/mol. The molecule has 3 fully saturated rings. The standard InChI is InChI=1S/C36H47NO3/c1-3-19-38-21-22-39-20-18-37-31-11-10-29-24-30-14-15-34(2)32(28-9-8-26-6-4-5-7-27(26)23-28)12-13-33(34)36(30)17-16-35(29,25-31)40-36/h4-9,14,23-24,31-33,37H,3,10-13,15-22,25H2,1-2H3/t31-,32-,33-,34-,35?,36-/m1/s1. The molecule has 5 aliphatic rings. The normalized spacial score (nSPS) is 36.1. The Balaban J connectivity index is 1.05. The summed E-state index contributed by atoms with van der Waals surface area (Å²) in [6.45, 7) is 8.57. The van der Waals surface area contributed by atoms with Crippen LogP contribution in [0.1, 0.15) is 83.1 Å². The molecule has 4 nitrogen and oxygen atoms in total. The Morgan fingerprint density at radius 1 is 0.950 bits per heavy atom. The Kier molecular flexibility index (Phi) is 7.19. The number of hydrogen-bond acceptors (Lipinski definition) is 4. The molecule has 2 bridgehead atoms. The molecule has 2 saturated carbocycles. The summed E-state index contributed by atoms with van der Waals surface area (Å²) in [6, 6.07) is 16.5. The van der Waals surface area contributed by atoms with Crippen LogP contribution in [-0.4, -0.2) is 50.2 Å². The van der Waals surface area contributed by atoms with Crippen molar-refractivity contribution in [1.29, 1.82) is 0 Å². The lowest BCUT2D eigenvalue weighted by atomic mass is 9.58. The molecule has 2 aliphatic heterocycles. The van der Waals surface area contributed by atoms with Crippen LogP contribution in [-0.2, 0) is 14.2 Å². The second-order valence-corrected chi connectivity index (χ2v) is 13.4. The molecule has 1 saturated heterocycles. The molecule has 2 aromatic rings. The summed E-state index contributed by atoms with van der Waals surface area (Å²) in [5.74, 6) is 1.18. The quantitative estimate of drug-likeness (QED) is 0.317. The highest BCUT2D eigenvalue weighted by Crippen LogP contribution is 2.69. The van der Waals surface area contributed by atoms with Crippen LogP contribution >= 0.6 is 0 Å². The molecule has 0 radical (unpaired) electrons. The lowest BCUT2D eigenvalue weighted by molar-refractivity contribution is -0.136. The lowest BCUT2D eigenvalue weighted by Gasteiger charge is -2.54. The highest BCUT2D eigenvalue weighted by molar-refractivity contribution is 5.83. The summed E-state index contributed by atoms with van der Waals surface area (Å²) >= 11 is 0. The van der Waals surface area contributed by atoms with E-state index in [2.05, 4.69) is 73.8 Å². The van der Waals surface area contributed by atoms with Crippen molar-refractivity contribution in [3.8, 4) is 0 Å². The van der Waals surface area contributed by atoms with Crippen LogP contribution in [0.15, 0.2) is 65.8 Å². The van der Waals surface area contributed by atoms with Crippen molar-refractivity contribution in [3.63, 3.8) is 0 Å². The van der Waals surface area contributed by atoms with Gasteiger partial charge in [0.25, 0.3) is 0 Å². The average molecular weight is 542 g/mol. The zero-order valence-corrected chi connectivity index (χ0v) is 24.6. The third-order valence-electron chi connectivity index (χ3n) is 11.3. The van der Waals surface area contributed by atoms with Crippen molar-refractivity contribution in [2.45, 2.75) is 94.8 Å². The van der Waals surface area contributed by atoms with E-state index in [9.17, 15) is 0 Å². The van der Waals surface area contributed by atoms with Gasteiger partial charge in [0.15, 0.2) is 0 Å². The van der Waals surface area contributed by atoms with Crippen molar-refractivity contribution in [3.05, 3.63) is 71.3 Å². The molecule has 3 aliphatic carbocycles. The van der Waals surface area contributed by atoms with E-state index in [0.717, 1.165) is 39.0 Å². The Morgan fingerprint density at radius 2 is 1.80 bits per heavy atom. The third kappa shape index (κ3) is 4.42. The minimum absolute atomic E-state index is 0.0681. The maximum absolute atomic E-state index is 7.50. The fraction of sp³-hybridized carbons (Fsp3) is 0.611. The van der Waals surface area contributed by atoms with Crippen LogP contribution in [0.2, 0.25) is 0 Å². The first-order valence-corrected chi connectivity index (χ1v) is 16.1. The first kappa shape index (κ1) is 26.9. The van der Waals surface area contributed by atoms with Gasteiger partial charge in [0.2, 0.25) is 0 Å². The molecule has 1 N–H and O–H groups in total. The Hall–Kier alpha value is -1.98. The second-order valence-electron chi connectivity index (χ2n) is 13.4. The van der Waals surface area contributed by atoms with E-state index in [1.165, 1.54) is 60.4 Å². The summed E-state index contributed by atoms with van der Waals surface area (Å²) in [7, 11) is 0. The molecule has 0 aromatic heterocycles. The van der Waals surface area contributed by atoms with Crippen LogP contribution in [0, 0.1) is 11.3 Å². The van der Waals surface area contributed by atoms with Gasteiger partial charge < -0.3 is 19.5 Å². The molecule has 2 spiro atoms. The number of hydrogen-bond donors (Lipinski definition) is 1. The van der Waals surface area contributed by atoms with Crippen LogP contribution in [0.4, 0.5) is 0 Å². The summed E-state index contributed by atoms with van der Waals surface area (Å²) in [5.41, 5.74) is 4.70. The smallest absolute Gasteiger partial charge is 0.0974 e. The minimum atomic E-state index is -0.0917. The van der Waals surface area contributed by atoms with E-state index in [1.807, 2.05) is 0 Å². The number of ether oxygens (including phenoxy) is 3. The number of benzene rings is 2. The Bertz CT molecular complexity index is 1300. The van der Waals surface area contributed by atoms with Gasteiger partial charge in [-0.3, -0.25) is 0 Å². The van der Waals surface area contributed by atoms with E-state index < -0.39 is 0 Å². The van der Waals surface area contributed by atoms with Gasteiger partial charge in [0, 0.05) is 19.2 Å². The SMILES string of the molecule is CCCOCCOCCN[C@@H]1CCC2=CC3=CC[C@]4(C)[C@@H](c5ccc6ccccc6c5)CC[C@H]4[C@@]34CCC2(C1)O4. The maximum Gasteiger partial charge on any atom is 0.0974 e. The first-order valence-electron chi connectivity index (χ1n) is 16.1. The zero-order chi connectivity index (χ0) is 27.2. The third-order valence-corrected chi connectivity index (χ3v) is 11.3. The topological polar surface area (TPSA) is 39.7 Å². The average Bonchev–Trinajstić information content (AvgIpc) is 3.49. The molecule has 2 aromatic carbocycles. The molecule has 6 atom stereocenters. The summed E-state index contributed by atoms with van der Waals surface area (Å²) < 4.78 is 18.8. The fourth-order valence-corrected chi connectivity index (χ4v) is 9.36. The number of nitrogens with one attached hydrogen (secondary N) is 1. The Morgan fingerprint density at radius 3 is 2.67 bits per heavy atom. The van der Waals surface area contributed by atoms with E-state index in [0.29, 0.717) is 31.1 Å². The van der Waals surface area contributed by atoms with Crippen molar-refractivity contribution < 1.29 is 14.2 Å². The summed E-state index contributed by atoms with van der Waals surface area (Å²) in [5, 5.41) is 6.53. The molecule has 2 heterocycles. The highest BCUT2D eigenvalue weighted by Gasteiger charge is 2.66. The van der Waals surface area contributed by atoms with Crippen LogP contribution in [0.3, 0.4) is 0 Å². The fourth-order valence-electron chi connectivity index (χ4n) is 9.36. The van der Waals surface area contributed by atoms with Gasteiger partial charge in [-0.2, -0.15) is 0 Å². The largest absolute Gasteiger partial charge is 0.379 e. The number of allylic oxidation sites excluding steroid dienone is 1. The molecule has 4 heteroatoms. The molecular weight excluding hydrogens is 494 g/mol. The van der Waals surface area contributed by atoms with Crippen molar-refractivity contribution >= 4 is 10.8 Å². The zero-order valence-electron chi connectivity index (χ0n) is 24.6. The Labute approximate surface area is 240 Å². The van der Waals surface area contributed by atoms with Gasteiger partial charge in [-0.05, 0) is 103 Å². The lowest BCUT2D eigenvalue weighted by Crippen LogP contribution is -2.55. The minimum Gasteiger partial charge on any atom is -0.379 e. The van der Waals surface area contributed by atoms with Gasteiger partial charge >= 0.3 is 0 Å². The van der Waals surface area contributed by atoms with Gasteiger partial charge in [-0.25, -0.2) is 0 Å². The first-order chi connectivity index (χ1) is 19.6. The van der Waals surface area contributed by atoms with Crippen LogP contribution in [0.5, 0.6) is 0 Å². The number of fused-ring (bicyclic) bond motifs is 2. The molecule has 7 rings (SSSR count). The molecule has 40 heavy (non-hydrogen) atoms. The second kappa shape index (κ2) is 10.7. The van der Waals surface area contributed by atoms with E-state index in [-0.39, 0.29) is 16.6 Å². The molecular formula is C36H47NO3. The van der Waals surface area contributed by atoms with E-state index in [1.54, 1.807) is 5.57 Å². The van der Waals surface area contributed by atoms with Crippen LogP contribution < -0.4 is 5.32 Å². The van der Waals surface area contributed by atoms with Gasteiger partial charge in [-0.1, -0.05) is 68.5 Å². The highest BCUT2D eigenvalue weighted by atomic mass is 16.5. The predicted octanol–water partition coefficient (Wildman–Crippen LogP) is 7.48. The van der Waals surface area contributed by atoms with Crippen molar-refractivity contribution in [1.82, 2.24) is 5.32 Å². The van der Waals surface area contributed by atoms with Gasteiger partial charge in [0.1, 0.15) is 0 Å².